The molecule has 0 unspecified atom stereocenters. The van der Waals surface area contributed by atoms with E-state index in [0.29, 0.717) is 24.6 Å². The summed E-state index contributed by atoms with van der Waals surface area (Å²) in [6.45, 7) is 7.22. The molecule has 0 spiro atoms. The SMILES string of the molecule is CC(C)COc1cccc(C(=O)NCc2ccc3c(c2)CNC3)c1. The zero-order chi connectivity index (χ0) is 16.9. The Morgan fingerprint density at radius 1 is 1.17 bits per heavy atom. The van der Waals surface area contributed by atoms with Crippen molar-refractivity contribution in [3.63, 3.8) is 0 Å². The highest BCUT2D eigenvalue weighted by Crippen LogP contribution is 2.17. The zero-order valence-electron chi connectivity index (χ0n) is 14.3. The van der Waals surface area contributed by atoms with E-state index in [4.69, 9.17) is 4.74 Å². The molecule has 1 heterocycles. The van der Waals surface area contributed by atoms with Crippen LogP contribution in [0.3, 0.4) is 0 Å². The number of nitrogens with one attached hydrogen (secondary N) is 2. The Morgan fingerprint density at radius 3 is 2.83 bits per heavy atom. The first-order valence-electron chi connectivity index (χ1n) is 8.44. The summed E-state index contributed by atoms with van der Waals surface area (Å²) in [5.74, 6) is 1.11. The molecule has 0 radical (unpaired) electrons. The summed E-state index contributed by atoms with van der Waals surface area (Å²) in [5.41, 5.74) is 4.42. The average Bonchev–Trinajstić information content (AvgIpc) is 3.06. The third kappa shape index (κ3) is 4.15. The van der Waals surface area contributed by atoms with Crippen molar-refractivity contribution < 1.29 is 9.53 Å². The van der Waals surface area contributed by atoms with E-state index in [1.165, 1.54) is 11.1 Å². The fraction of sp³-hybridized carbons (Fsp3) is 0.350. The van der Waals surface area contributed by atoms with Gasteiger partial charge < -0.3 is 15.4 Å². The minimum atomic E-state index is -0.0800. The van der Waals surface area contributed by atoms with Gasteiger partial charge in [0.15, 0.2) is 0 Å². The van der Waals surface area contributed by atoms with Crippen LogP contribution in [0.2, 0.25) is 0 Å². The van der Waals surface area contributed by atoms with Crippen LogP contribution >= 0.6 is 0 Å². The number of hydrogen-bond donors (Lipinski definition) is 2. The van der Waals surface area contributed by atoms with Crippen LogP contribution < -0.4 is 15.4 Å². The number of benzene rings is 2. The maximum absolute atomic E-state index is 12.4. The van der Waals surface area contributed by atoms with Crippen LogP contribution in [-0.4, -0.2) is 12.5 Å². The highest BCUT2D eigenvalue weighted by Gasteiger charge is 2.11. The summed E-state index contributed by atoms with van der Waals surface area (Å²) >= 11 is 0. The molecule has 24 heavy (non-hydrogen) atoms. The van der Waals surface area contributed by atoms with Crippen molar-refractivity contribution in [3.8, 4) is 5.75 Å². The molecule has 4 heteroatoms. The second-order valence-corrected chi connectivity index (χ2v) is 6.62. The Morgan fingerprint density at radius 2 is 2.00 bits per heavy atom. The lowest BCUT2D eigenvalue weighted by atomic mass is 10.1. The molecule has 2 aromatic rings. The van der Waals surface area contributed by atoms with Gasteiger partial charge in [-0.25, -0.2) is 0 Å². The summed E-state index contributed by atoms with van der Waals surface area (Å²) < 4.78 is 5.68. The smallest absolute Gasteiger partial charge is 0.251 e. The Bertz CT molecular complexity index is 725. The van der Waals surface area contributed by atoms with E-state index < -0.39 is 0 Å². The molecule has 0 atom stereocenters. The Labute approximate surface area is 143 Å². The van der Waals surface area contributed by atoms with Crippen LogP contribution in [0.5, 0.6) is 5.75 Å². The predicted molar refractivity (Wildman–Crippen MR) is 94.9 cm³/mol. The quantitative estimate of drug-likeness (QED) is 0.857. The molecule has 1 amide bonds. The second-order valence-electron chi connectivity index (χ2n) is 6.62. The van der Waals surface area contributed by atoms with E-state index in [2.05, 4.69) is 42.7 Å². The van der Waals surface area contributed by atoms with Gasteiger partial charge in [0.1, 0.15) is 5.75 Å². The highest BCUT2D eigenvalue weighted by molar-refractivity contribution is 5.94. The Hall–Kier alpha value is -2.33. The van der Waals surface area contributed by atoms with Crippen LogP contribution in [0.1, 0.15) is 40.9 Å². The van der Waals surface area contributed by atoms with Gasteiger partial charge in [-0.1, -0.05) is 38.1 Å². The van der Waals surface area contributed by atoms with Crippen LogP contribution in [0.4, 0.5) is 0 Å². The third-order valence-electron chi connectivity index (χ3n) is 4.03. The number of fused-ring (bicyclic) bond motifs is 1. The van der Waals surface area contributed by atoms with E-state index in [1.54, 1.807) is 6.07 Å². The first-order chi connectivity index (χ1) is 11.6. The molecule has 0 fully saturated rings. The van der Waals surface area contributed by atoms with Gasteiger partial charge in [0.2, 0.25) is 0 Å². The van der Waals surface area contributed by atoms with Crippen molar-refractivity contribution in [2.75, 3.05) is 6.61 Å². The van der Waals surface area contributed by atoms with Crippen molar-refractivity contribution in [2.45, 2.75) is 33.5 Å². The van der Waals surface area contributed by atoms with Crippen LogP contribution in [0.15, 0.2) is 42.5 Å². The summed E-state index contributed by atoms with van der Waals surface area (Å²) in [4.78, 5) is 12.4. The van der Waals surface area contributed by atoms with Gasteiger partial charge >= 0.3 is 0 Å². The fourth-order valence-electron chi connectivity index (χ4n) is 2.73. The lowest BCUT2D eigenvalue weighted by Gasteiger charge is -2.10. The molecule has 2 N–H and O–H groups in total. The normalized spacial score (nSPS) is 13.0. The minimum absolute atomic E-state index is 0.0800. The maximum atomic E-state index is 12.4. The summed E-state index contributed by atoms with van der Waals surface area (Å²) in [5, 5.41) is 6.31. The van der Waals surface area contributed by atoms with Crippen LogP contribution in [-0.2, 0) is 19.6 Å². The van der Waals surface area contributed by atoms with E-state index in [9.17, 15) is 4.79 Å². The predicted octanol–water partition coefficient (Wildman–Crippen LogP) is 3.25. The number of carbonyl (C=O) groups excluding carboxylic acids is 1. The first-order valence-corrected chi connectivity index (χ1v) is 8.44. The molecule has 0 saturated carbocycles. The maximum Gasteiger partial charge on any atom is 0.251 e. The van der Waals surface area contributed by atoms with E-state index >= 15 is 0 Å². The fourth-order valence-corrected chi connectivity index (χ4v) is 2.73. The van der Waals surface area contributed by atoms with E-state index in [0.717, 1.165) is 24.4 Å². The minimum Gasteiger partial charge on any atom is -0.493 e. The van der Waals surface area contributed by atoms with Crippen molar-refractivity contribution in [1.82, 2.24) is 10.6 Å². The lowest BCUT2D eigenvalue weighted by Crippen LogP contribution is -2.22. The number of rotatable bonds is 6. The molecular weight excluding hydrogens is 300 g/mol. The molecule has 3 rings (SSSR count). The van der Waals surface area contributed by atoms with Crippen molar-refractivity contribution in [1.29, 1.82) is 0 Å². The zero-order valence-corrected chi connectivity index (χ0v) is 14.3. The summed E-state index contributed by atoms with van der Waals surface area (Å²) in [6, 6.07) is 13.7. The van der Waals surface area contributed by atoms with E-state index in [1.807, 2.05) is 18.2 Å². The molecule has 0 saturated heterocycles. The van der Waals surface area contributed by atoms with Gasteiger partial charge in [0.25, 0.3) is 5.91 Å². The lowest BCUT2D eigenvalue weighted by molar-refractivity contribution is 0.0950. The van der Waals surface area contributed by atoms with Gasteiger partial charge in [-0.2, -0.15) is 0 Å². The number of hydrogen-bond acceptors (Lipinski definition) is 3. The van der Waals surface area contributed by atoms with Gasteiger partial charge in [-0.05, 0) is 40.8 Å². The number of carbonyl (C=O) groups is 1. The molecule has 0 aromatic heterocycles. The molecule has 2 aromatic carbocycles. The van der Waals surface area contributed by atoms with Gasteiger partial charge in [-0.3, -0.25) is 4.79 Å². The van der Waals surface area contributed by atoms with Crippen LogP contribution in [0.25, 0.3) is 0 Å². The van der Waals surface area contributed by atoms with Crippen molar-refractivity contribution in [3.05, 3.63) is 64.7 Å². The standard InChI is InChI=1S/C20H24N2O2/c1-14(2)13-24-19-5-3-4-16(9-19)20(23)22-10-15-6-7-17-11-21-12-18(17)8-15/h3-9,14,21H,10-13H2,1-2H3,(H,22,23). The molecule has 4 nitrogen and oxygen atoms in total. The van der Waals surface area contributed by atoms with Gasteiger partial charge in [0, 0.05) is 25.2 Å². The third-order valence-corrected chi connectivity index (χ3v) is 4.03. The molecule has 1 aliphatic heterocycles. The monoisotopic (exact) mass is 324 g/mol. The second kappa shape index (κ2) is 7.49. The van der Waals surface area contributed by atoms with Crippen molar-refractivity contribution in [2.24, 2.45) is 5.92 Å². The van der Waals surface area contributed by atoms with Gasteiger partial charge in [-0.15, -0.1) is 0 Å². The Balaban J connectivity index is 1.59. The molecule has 126 valence electrons. The number of amides is 1. The molecule has 1 aliphatic rings. The molecular formula is C20H24N2O2. The average molecular weight is 324 g/mol. The Kier molecular flexibility index (Phi) is 5.16. The van der Waals surface area contributed by atoms with Crippen molar-refractivity contribution >= 4 is 5.91 Å². The highest BCUT2D eigenvalue weighted by atomic mass is 16.5. The molecule has 0 bridgehead atoms. The molecule has 0 aliphatic carbocycles. The summed E-state index contributed by atoms with van der Waals surface area (Å²) in [6.07, 6.45) is 0. The largest absolute Gasteiger partial charge is 0.493 e. The van der Waals surface area contributed by atoms with Gasteiger partial charge in [0.05, 0.1) is 6.61 Å². The number of ether oxygens (including phenoxy) is 1. The summed E-state index contributed by atoms with van der Waals surface area (Å²) in [7, 11) is 0. The topological polar surface area (TPSA) is 50.4 Å². The van der Waals surface area contributed by atoms with Crippen LogP contribution in [0, 0.1) is 5.92 Å². The van der Waals surface area contributed by atoms with E-state index in [-0.39, 0.29) is 5.91 Å². The first kappa shape index (κ1) is 16.5.